The highest BCUT2D eigenvalue weighted by atomic mass is 32.1. The van der Waals surface area contributed by atoms with Crippen LogP contribution in [0.5, 0.6) is 0 Å². The van der Waals surface area contributed by atoms with Crippen molar-refractivity contribution >= 4 is 22.7 Å². The molecule has 3 aromatic rings. The molecule has 0 bridgehead atoms. The van der Waals surface area contributed by atoms with Gasteiger partial charge in [0.25, 0.3) is 0 Å². The maximum atomic E-state index is 4.81. The lowest BCUT2D eigenvalue weighted by Crippen LogP contribution is -2.38. The average Bonchev–Trinajstić information content (AvgIpc) is 3.29. The van der Waals surface area contributed by atoms with E-state index < -0.39 is 0 Å². The van der Waals surface area contributed by atoms with Crippen molar-refractivity contribution in [3.63, 3.8) is 0 Å². The Balaban J connectivity index is 1.70. The lowest BCUT2D eigenvalue weighted by Gasteiger charge is -2.27. The molecule has 0 aliphatic rings. The van der Waals surface area contributed by atoms with Crippen LogP contribution in [0.1, 0.15) is 49.2 Å². The van der Waals surface area contributed by atoms with Gasteiger partial charge in [0.05, 0.1) is 11.2 Å². The minimum absolute atomic E-state index is 0.106. The summed E-state index contributed by atoms with van der Waals surface area (Å²) in [6.45, 7) is 9.41. The van der Waals surface area contributed by atoms with Gasteiger partial charge in [0, 0.05) is 28.6 Å². The summed E-state index contributed by atoms with van der Waals surface area (Å²) in [4.78, 5) is 9.48. The van der Waals surface area contributed by atoms with Gasteiger partial charge >= 0.3 is 0 Å². The van der Waals surface area contributed by atoms with Crippen LogP contribution in [0.15, 0.2) is 35.0 Å². The molecule has 0 saturated heterocycles. The minimum Gasteiger partial charge on any atom is -0.300 e. The highest BCUT2D eigenvalue weighted by molar-refractivity contribution is 7.13. The van der Waals surface area contributed by atoms with E-state index in [2.05, 4.69) is 66.1 Å². The zero-order chi connectivity index (χ0) is 17.9. The van der Waals surface area contributed by atoms with E-state index in [4.69, 9.17) is 4.98 Å². The first-order chi connectivity index (χ1) is 12.0. The van der Waals surface area contributed by atoms with E-state index in [0.29, 0.717) is 0 Å². The number of rotatable bonds is 7. The van der Waals surface area contributed by atoms with Gasteiger partial charge in [0.15, 0.2) is 0 Å². The SMILES string of the molecule is CCc1ccc(-c2nc(CN[C@@](C)(CC)c3nc(C)cs3)cs2)cc1. The van der Waals surface area contributed by atoms with Crippen LogP contribution in [0.2, 0.25) is 0 Å². The molecule has 5 heteroatoms. The van der Waals surface area contributed by atoms with Crippen molar-refractivity contribution < 1.29 is 0 Å². The summed E-state index contributed by atoms with van der Waals surface area (Å²) >= 11 is 3.44. The number of aromatic nitrogens is 2. The maximum Gasteiger partial charge on any atom is 0.123 e. The fourth-order valence-electron chi connectivity index (χ4n) is 2.65. The van der Waals surface area contributed by atoms with Crippen LogP contribution >= 0.6 is 22.7 Å². The second-order valence-corrected chi connectivity index (χ2v) is 8.24. The monoisotopic (exact) mass is 371 g/mol. The lowest BCUT2D eigenvalue weighted by molar-refractivity contribution is 0.347. The Kier molecular flexibility index (Phi) is 5.67. The average molecular weight is 372 g/mol. The largest absolute Gasteiger partial charge is 0.300 e. The third kappa shape index (κ3) is 4.17. The van der Waals surface area contributed by atoms with Gasteiger partial charge in [0.1, 0.15) is 10.0 Å². The topological polar surface area (TPSA) is 37.8 Å². The molecule has 1 aromatic carbocycles. The van der Waals surface area contributed by atoms with Crippen LogP contribution < -0.4 is 5.32 Å². The van der Waals surface area contributed by atoms with Crippen molar-refractivity contribution in [2.24, 2.45) is 0 Å². The summed E-state index contributed by atoms with van der Waals surface area (Å²) in [5.74, 6) is 0. The third-order valence-electron chi connectivity index (χ3n) is 4.62. The summed E-state index contributed by atoms with van der Waals surface area (Å²) in [6, 6.07) is 8.72. The van der Waals surface area contributed by atoms with Gasteiger partial charge in [-0.2, -0.15) is 0 Å². The standard InChI is InChI=1S/C20H25N3S2/c1-5-15-7-9-16(10-8-15)18-23-17(13-24-18)11-21-20(4,6-2)19-22-14(3)12-25-19/h7-10,12-13,21H,5-6,11H2,1-4H3/t20-/m0/s1. The first-order valence-electron chi connectivity index (χ1n) is 8.75. The molecular weight excluding hydrogens is 346 g/mol. The minimum atomic E-state index is -0.106. The van der Waals surface area contributed by atoms with Gasteiger partial charge in [0.2, 0.25) is 0 Å². The first-order valence-corrected chi connectivity index (χ1v) is 10.5. The number of benzene rings is 1. The molecule has 2 heterocycles. The van der Waals surface area contributed by atoms with Crippen molar-refractivity contribution in [3.05, 3.63) is 57.0 Å². The van der Waals surface area contributed by atoms with Crippen molar-refractivity contribution in [3.8, 4) is 10.6 Å². The smallest absolute Gasteiger partial charge is 0.123 e. The number of hydrogen-bond acceptors (Lipinski definition) is 5. The molecule has 3 nitrogen and oxygen atoms in total. The normalized spacial score (nSPS) is 13.8. The molecule has 0 radical (unpaired) electrons. The van der Waals surface area contributed by atoms with Crippen LogP contribution in [0.4, 0.5) is 0 Å². The van der Waals surface area contributed by atoms with E-state index in [-0.39, 0.29) is 5.54 Å². The fourth-order valence-corrected chi connectivity index (χ4v) is 4.48. The molecule has 1 atom stereocenters. The highest BCUT2D eigenvalue weighted by Crippen LogP contribution is 2.29. The molecule has 3 rings (SSSR count). The Morgan fingerprint density at radius 1 is 1.04 bits per heavy atom. The molecule has 0 amide bonds. The molecule has 132 valence electrons. The molecule has 0 saturated carbocycles. The van der Waals surface area contributed by atoms with Gasteiger partial charge in [-0.15, -0.1) is 22.7 Å². The third-order valence-corrected chi connectivity index (χ3v) is 6.78. The summed E-state index contributed by atoms with van der Waals surface area (Å²) in [5.41, 5.74) is 4.63. The molecule has 0 aliphatic heterocycles. The van der Waals surface area contributed by atoms with Gasteiger partial charge in [-0.3, -0.25) is 5.32 Å². The van der Waals surface area contributed by atoms with Gasteiger partial charge in [-0.1, -0.05) is 38.1 Å². The Bertz CT molecular complexity index is 820. The number of hydrogen-bond donors (Lipinski definition) is 1. The molecular formula is C20H25N3S2. The fraction of sp³-hybridized carbons (Fsp3) is 0.400. The maximum absolute atomic E-state index is 4.81. The van der Waals surface area contributed by atoms with Crippen LogP contribution in [0, 0.1) is 6.92 Å². The van der Waals surface area contributed by atoms with Crippen molar-refractivity contribution in [2.75, 3.05) is 0 Å². The van der Waals surface area contributed by atoms with Gasteiger partial charge < -0.3 is 0 Å². The molecule has 25 heavy (non-hydrogen) atoms. The van der Waals surface area contributed by atoms with E-state index in [1.54, 1.807) is 22.7 Å². The van der Waals surface area contributed by atoms with Crippen molar-refractivity contribution in [2.45, 2.75) is 52.6 Å². The zero-order valence-corrected chi connectivity index (χ0v) is 16.9. The van der Waals surface area contributed by atoms with Gasteiger partial charge in [-0.05, 0) is 32.3 Å². The molecule has 2 aromatic heterocycles. The van der Waals surface area contributed by atoms with Crippen molar-refractivity contribution in [1.82, 2.24) is 15.3 Å². The number of thiazole rings is 2. The van der Waals surface area contributed by atoms with E-state index in [1.807, 2.05) is 6.92 Å². The predicted molar refractivity (Wildman–Crippen MR) is 108 cm³/mol. The zero-order valence-electron chi connectivity index (χ0n) is 15.3. The predicted octanol–water partition coefficient (Wildman–Crippen LogP) is 5.55. The Morgan fingerprint density at radius 2 is 1.80 bits per heavy atom. The molecule has 0 aliphatic carbocycles. The first kappa shape index (κ1) is 18.2. The summed E-state index contributed by atoms with van der Waals surface area (Å²) in [7, 11) is 0. The van der Waals surface area contributed by atoms with Crippen LogP contribution in [0.3, 0.4) is 0 Å². The van der Waals surface area contributed by atoms with Crippen LogP contribution in [0.25, 0.3) is 10.6 Å². The van der Waals surface area contributed by atoms with E-state index in [1.165, 1.54) is 11.1 Å². The van der Waals surface area contributed by atoms with E-state index in [9.17, 15) is 0 Å². The van der Waals surface area contributed by atoms with Crippen LogP contribution in [-0.2, 0) is 18.5 Å². The van der Waals surface area contributed by atoms with E-state index >= 15 is 0 Å². The molecule has 0 fully saturated rings. The Hall–Kier alpha value is -1.56. The summed E-state index contributed by atoms with van der Waals surface area (Å²) in [6.07, 6.45) is 2.06. The summed E-state index contributed by atoms with van der Waals surface area (Å²) < 4.78 is 0. The van der Waals surface area contributed by atoms with E-state index in [0.717, 1.165) is 40.8 Å². The highest BCUT2D eigenvalue weighted by Gasteiger charge is 2.27. The van der Waals surface area contributed by atoms with Gasteiger partial charge in [-0.25, -0.2) is 9.97 Å². The number of aryl methyl sites for hydroxylation is 2. The van der Waals surface area contributed by atoms with Crippen LogP contribution in [-0.4, -0.2) is 9.97 Å². The molecule has 1 N–H and O–H groups in total. The number of nitrogens with one attached hydrogen (secondary N) is 1. The number of nitrogens with zero attached hydrogens (tertiary/aromatic N) is 2. The second-order valence-electron chi connectivity index (χ2n) is 6.53. The Morgan fingerprint density at radius 3 is 2.40 bits per heavy atom. The second kappa shape index (κ2) is 7.77. The summed E-state index contributed by atoms with van der Waals surface area (Å²) in [5, 5.41) is 10.2. The molecule has 0 unspecified atom stereocenters. The Labute approximate surface area is 158 Å². The lowest BCUT2D eigenvalue weighted by atomic mass is 10.00. The van der Waals surface area contributed by atoms with Crippen molar-refractivity contribution in [1.29, 1.82) is 0 Å². The molecule has 0 spiro atoms. The quantitative estimate of drug-likeness (QED) is 0.591.